The molecule has 0 radical (unpaired) electrons. The van der Waals surface area contributed by atoms with Crippen molar-refractivity contribution in [1.29, 1.82) is 5.26 Å². The van der Waals surface area contributed by atoms with Gasteiger partial charge < -0.3 is 14.6 Å². The third-order valence-corrected chi connectivity index (χ3v) is 8.23. The van der Waals surface area contributed by atoms with Crippen molar-refractivity contribution in [3.05, 3.63) is 58.4 Å². The SMILES string of the molecule is N#Cc1ccc2sc(C(=O)N3CCC(c4ccnc5nc(C6CCOCC6)[nH]c45)CC3)cc2c1. The first-order chi connectivity index (χ1) is 16.7. The Bertz CT molecular complexity index is 1400. The van der Waals surface area contributed by atoms with Gasteiger partial charge in [-0.1, -0.05) is 0 Å². The minimum atomic E-state index is 0.0846. The van der Waals surface area contributed by atoms with Gasteiger partial charge in [-0.05, 0) is 72.9 Å². The Balaban J connectivity index is 1.18. The molecule has 34 heavy (non-hydrogen) atoms. The fraction of sp³-hybridized carbons (Fsp3) is 0.385. The summed E-state index contributed by atoms with van der Waals surface area (Å²) in [5, 5.41) is 10.1. The number of hydrogen-bond donors (Lipinski definition) is 1. The second kappa shape index (κ2) is 8.82. The Morgan fingerprint density at radius 1 is 1.12 bits per heavy atom. The third kappa shape index (κ3) is 3.85. The van der Waals surface area contributed by atoms with Gasteiger partial charge in [0.2, 0.25) is 0 Å². The zero-order valence-corrected chi connectivity index (χ0v) is 19.6. The maximum atomic E-state index is 13.2. The van der Waals surface area contributed by atoms with E-state index in [1.165, 1.54) is 16.9 Å². The van der Waals surface area contributed by atoms with Crippen molar-refractivity contribution in [3.8, 4) is 6.07 Å². The number of carbonyl (C=O) groups is 1. The number of fused-ring (bicyclic) bond motifs is 2. The molecular formula is C26H25N5O2S. The molecule has 8 heteroatoms. The van der Waals surface area contributed by atoms with Gasteiger partial charge in [0.05, 0.1) is 22.0 Å². The van der Waals surface area contributed by atoms with E-state index in [1.54, 1.807) is 6.07 Å². The summed E-state index contributed by atoms with van der Waals surface area (Å²) in [5.41, 5.74) is 3.72. The van der Waals surface area contributed by atoms with E-state index in [0.29, 0.717) is 17.4 Å². The van der Waals surface area contributed by atoms with E-state index in [2.05, 4.69) is 22.1 Å². The molecule has 6 rings (SSSR count). The van der Waals surface area contributed by atoms with Crippen LogP contribution in [0.25, 0.3) is 21.3 Å². The predicted octanol–water partition coefficient (Wildman–Crippen LogP) is 4.96. The van der Waals surface area contributed by atoms with Crippen LogP contribution in [0.2, 0.25) is 0 Å². The number of nitriles is 1. The van der Waals surface area contributed by atoms with E-state index >= 15 is 0 Å². The monoisotopic (exact) mass is 471 g/mol. The lowest BCUT2D eigenvalue weighted by Crippen LogP contribution is -2.37. The second-order valence-electron chi connectivity index (χ2n) is 9.15. The number of H-pyrrole nitrogens is 1. The molecule has 172 valence electrons. The number of carbonyl (C=O) groups excluding carboxylic acids is 1. The van der Waals surface area contributed by atoms with Crippen LogP contribution in [0, 0.1) is 11.3 Å². The lowest BCUT2D eigenvalue weighted by Gasteiger charge is -2.32. The van der Waals surface area contributed by atoms with E-state index in [4.69, 9.17) is 15.0 Å². The molecule has 1 N–H and O–H groups in total. The van der Waals surface area contributed by atoms with Crippen LogP contribution in [0.5, 0.6) is 0 Å². The fourth-order valence-electron chi connectivity index (χ4n) is 5.22. The number of rotatable bonds is 3. The summed E-state index contributed by atoms with van der Waals surface area (Å²) in [4.78, 5) is 28.8. The highest BCUT2D eigenvalue weighted by Crippen LogP contribution is 2.35. The predicted molar refractivity (Wildman–Crippen MR) is 131 cm³/mol. The molecule has 2 saturated heterocycles. The average molecular weight is 472 g/mol. The smallest absolute Gasteiger partial charge is 0.263 e. The molecule has 0 spiro atoms. The van der Waals surface area contributed by atoms with Gasteiger partial charge >= 0.3 is 0 Å². The number of amides is 1. The number of aromatic nitrogens is 3. The summed E-state index contributed by atoms with van der Waals surface area (Å²) >= 11 is 1.50. The number of aromatic amines is 1. The van der Waals surface area contributed by atoms with Gasteiger partial charge in [0, 0.05) is 43.1 Å². The molecular weight excluding hydrogens is 446 g/mol. The number of hydrogen-bond acceptors (Lipinski definition) is 6. The van der Waals surface area contributed by atoms with Gasteiger partial charge in [-0.3, -0.25) is 4.79 Å². The van der Waals surface area contributed by atoms with E-state index in [0.717, 1.165) is 83.9 Å². The summed E-state index contributed by atoms with van der Waals surface area (Å²) in [7, 11) is 0. The molecule has 0 saturated carbocycles. The van der Waals surface area contributed by atoms with Crippen molar-refractivity contribution in [1.82, 2.24) is 19.9 Å². The lowest BCUT2D eigenvalue weighted by molar-refractivity contribution is 0.0718. The van der Waals surface area contributed by atoms with E-state index in [-0.39, 0.29) is 5.91 Å². The van der Waals surface area contributed by atoms with Gasteiger partial charge in [-0.25, -0.2) is 9.97 Å². The van der Waals surface area contributed by atoms with Crippen LogP contribution in [-0.4, -0.2) is 52.1 Å². The Kier molecular flexibility index (Phi) is 5.52. The number of piperidine rings is 1. The first-order valence-corrected chi connectivity index (χ1v) is 12.7. The molecule has 2 fully saturated rings. The van der Waals surface area contributed by atoms with Crippen molar-refractivity contribution in [2.75, 3.05) is 26.3 Å². The first-order valence-electron chi connectivity index (χ1n) is 11.8. The topological polar surface area (TPSA) is 94.9 Å². The number of likely N-dealkylation sites (tertiary alicyclic amines) is 1. The van der Waals surface area contributed by atoms with Gasteiger partial charge in [-0.2, -0.15) is 5.26 Å². The molecule has 1 aromatic carbocycles. The molecule has 4 aromatic rings. The van der Waals surface area contributed by atoms with Crippen LogP contribution in [0.1, 0.15) is 64.1 Å². The van der Waals surface area contributed by atoms with Crippen LogP contribution in [0.3, 0.4) is 0 Å². The number of imidazole rings is 1. The Labute approximate surface area is 201 Å². The van der Waals surface area contributed by atoms with Gasteiger partial charge in [0.25, 0.3) is 5.91 Å². The number of thiophene rings is 1. The van der Waals surface area contributed by atoms with Crippen LogP contribution in [0.4, 0.5) is 0 Å². The minimum absolute atomic E-state index is 0.0846. The quantitative estimate of drug-likeness (QED) is 0.456. The van der Waals surface area contributed by atoms with Crippen molar-refractivity contribution in [2.24, 2.45) is 0 Å². The molecule has 2 aliphatic rings. The number of benzene rings is 1. The Hall–Kier alpha value is -3.28. The van der Waals surface area contributed by atoms with Crippen molar-refractivity contribution < 1.29 is 9.53 Å². The van der Waals surface area contributed by atoms with Crippen molar-refractivity contribution in [3.63, 3.8) is 0 Å². The number of pyridine rings is 1. The third-order valence-electron chi connectivity index (χ3n) is 7.13. The summed E-state index contributed by atoms with van der Waals surface area (Å²) in [6.07, 6.45) is 5.67. The maximum Gasteiger partial charge on any atom is 0.263 e. The Morgan fingerprint density at radius 3 is 2.74 bits per heavy atom. The standard InChI is InChI=1S/C26H25N5O2S/c27-15-16-1-2-21-19(13-16)14-22(34-21)26(32)31-9-4-17(5-10-31)20-3-8-28-25-23(20)29-24(30-25)18-6-11-33-12-7-18/h1-3,8,13-14,17-18H,4-7,9-12H2,(H,28,29,30). The summed E-state index contributed by atoms with van der Waals surface area (Å²) < 4.78 is 6.54. The van der Waals surface area contributed by atoms with Gasteiger partial charge in [0.1, 0.15) is 5.82 Å². The zero-order chi connectivity index (χ0) is 23.1. The van der Waals surface area contributed by atoms with Crippen LogP contribution >= 0.6 is 11.3 Å². The number of nitrogens with one attached hydrogen (secondary N) is 1. The number of ether oxygens (including phenoxy) is 1. The Morgan fingerprint density at radius 2 is 1.94 bits per heavy atom. The highest BCUT2D eigenvalue weighted by Gasteiger charge is 2.28. The molecule has 1 amide bonds. The van der Waals surface area contributed by atoms with Gasteiger partial charge in [0.15, 0.2) is 5.65 Å². The molecule has 5 heterocycles. The highest BCUT2D eigenvalue weighted by atomic mass is 32.1. The van der Waals surface area contributed by atoms with Crippen LogP contribution in [0.15, 0.2) is 36.5 Å². The fourth-order valence-corrected chi connectivity index (χ4v) is 6.23. The molecule has 0 bridgehead atoms. The molecule has 0 atom stereocenters. The highest BCUT2D eigenvalue weighted by molar-refractivity contribution is 7.20. The average Bonchev–Trinajstić information content (AvgIpc) is 3.53. The molecule has 7 nitrogen and oxygen atoms in total. The first kappa shape index (κ1) is 21.3. The number of nitrogens with zero attached hydrogens (tertiary/aromatic N) is 4. The molecule has 3 aromatic heterocycles. The molecule has 0 unspecified atom stereocenters. The van der Waals surface area contributed by atoms with Crippen LogP contribution in [-0.2, 0) is 4.74 Å². The maximum absolute atomic E-state index is 13.2. The van der Waals surface area contributed by atoms with Gasteiger partial charge in [-0.15, -0.1) is 11.3 Å². The van der Waals surface area contributed by atoms with Crippen LogP contribution < -0.4 is 0 Å². The summed E-state index contributed by atoms with van der Waals surface area (Å²) in [6, 6.07) is 11.8. The van der Waals surface area contributed by atoms with Crippen molar-refractivity contribution >= 4 is 38.5 Å². The van der Waals surface area contributed by atoms with E-state index in [9.17, 15) is 4.79 Å². The minimum Gasteiger partial charge on any atom is -0.381 e. The molecule has 2 aliphatic heterocycles. The largest absolute Gasteiger partial charge is 0.381 e. The normalized spacial score (nSPS) is 17.9. The van der Waals surface area contributed by atoms with E-state index in [1.807, 2.05) is 29.3 Å². The van der Waals surface area contributed by atoms with Crippen molar-refractivity contribution in [2.45, 2.75) is 37.5 Å². The van der Waals surface area contributed by atoms with E-state index < -0.39 is 0 Å². The zero-order valence-electron chi connectivity index (χ0n) is 18.8. The summed E-state index contributed by atoms with van der Waals surface area (Å²) in [6.45, 7) is 3.03. The molecule has 0 aliphatic carbocycles. The lowest BCUT2D eigenvalue weighted by atomic mass is 9.89. The summed E-state index contributed by atoms with van der Waals surface area (Å²) in [5.74, 6) is 1.88. The second-order valence-corrected chi connectivity index (χ2v) is 10.2.